The van der Waals surface area contributed by atoms with Crippen molar-refractivity contribution < 1.29 is 4.74 Å². The van der Waals surface area contributed by atoms with Gasteiger partial charge in [-0.1, -0.05) is 29.8 Å². The van der Waals surface area contributed by atoms with Gasteiger partial charge in [0.15, 0.2) is 0 Å². The van der Waals surface area contributed by atoms with Crippen molar-refractivity contribution in [3.63, 3.8) is 0 Å². The van der Waals surface area contributed by atoms with Gasteiger partial charge in [0.1, 0.15) is 23.2 Å². The van der Waals surface area contributed by atoms with Crippen LogP contribution in [-0.2, 0) is 0 Å². The third-order valence-corrected chi connectivity index (χ3v) is 5.18. The molecule has 0 unspecified atom stereocenters. The number of benzene rings is 2. The summed E-state index contributed by atoms with van der Waals surface area (Å²) >= 11 is 0. The molecule has 0 atom stereocenters. The SMILES string of the molecule is COc1ccccc1N1CCN(c2cc(Nc3ccc(C)cc3)nc(C)n2)CC1. The van der Waals surface area contributed by atoms with Crippen LogP contribution >= 0.6 is 0 Å². The van der Waals surface area contributed by atoms with E-state index in [-0.39, 0.29) is 0 Å². The Hall–Kier alpha value is -3.28. The number of methoxy groups -OCH3 is 1. The second-order valence-corrected chi connectivity index (χ2v) is 7.30. The van der Waals surface area contributed by atoms with E-state index in [2.05, 4.69) is 68.4 Å². The van der Waals surface area contributed by atoms with Crippen molar-refractivity contribution in [1.82, 2.24) is 9.97 Å². The number of anilines is 4. The lowest BCUT2D eigenvalue weighted by Gasteiger charge is -2.37. The second kappa shape index (κ2) is 8.39. The molecule has 6 heteroatoms. The highest BCUT2D eigenvalue weighted by molar-refractivity contribution is 5.62. The number of nitrogens with one attached hydrogen (secondary N) is 1. The van der Waals surface area contributed by atoms with Crippen LogP contribution in [0.2, 0.25) is 0 Å². The van der Waals surface area contributed by atoms with E-state index in [0.717, 1.165) is 60.8 Å². The molecule has 1 aliphatic rings. The first-order valence-corrected chi connectivity index (χ1v) is 9.94. The van der Waals surface area contributed by atoms with Crippen LogP contribution in [0.1, 0.15) is 11.4 Å². The number of para-hydroxylation sites is 2. The summed E-state index contributed by atoms with van der Waals surface area (Å²) in [6.07, 6.45) is 0. The van der Waals surface area contributed by atoms with E-state index in [1.807, 2.05) is 25.1 Å². The molecule has 2 heterocycles. The maximum absolute atomic E-state index is 5.52. The van der Waals surface area contributed by atoms with Gasteiger partial charge in [-0.25, -0.2) is 9.97 Å². The number of hydrogen-bond acceptors (Lipinski definition) is 6. The van der Waals surface area contributed by atoms with Gasteiger partial charge in [-0.05, 0) is 38.1 Å². The fourth-order valence-electron chi connectivity index (χ4n) is 3.63. The fourth-order valence-corrected chi connectivity index (χ4v) is 3.63. The van der Waals surface area contributed by atoms with Crippen LogP contribution in [0.3, 0.4) is 0 Å². The van der Waals surface area contributed by atoms with Gasteiger partial charge in [0.05, 0.1) is 12.8 Å². The topological polar surface area (TPSA) is 53.5 Å². The molecule has 4 rings (SSSR count). The number of nitrogens with zero attached hydrogens (tertiary/aromatic N) is 4. The average molecular weight is 390 g/mol. The zero-order valence-corrected chi connectivity index (χ0v) is 17.2. The van der Waals surface area contributed by atoms with Crippen molar-refractivity contribution in [3.8, 4) is 5.75 Å². The molecule has 2 aromatic carbocycles. The molecule has 0 amide bonds. The summed E-state index contributed by atoms with van der Waals surface area (Å²) in [6, 6.07) is 18.5. The molecular formula is C23H27N5O. The molecule has 0 spiro atoms. The maximum atomic E-state index is 5.52. The minimum Gasteiger partial charge on any atom is -0.495 e. The van der Waals surface area contributed by atoms with E-state index in [1.165, 1.54) is 5.56 Å². The monoisotopic (exact) mass is 389 g/mol. The number of hydrogen-bond donors (Lipinski definition) is 1. The first-order chi connectivity index (χ1) is 14.1. The highest BCUT2D eigenvalue weighted by Gasteiger charge is 2.21. The molecule has 1 aliphatic heterocycles. The number of aromatic nitrogens is 2. The van der Waals surface area contributed by atoms with E-state index in [1.54, 1.807) is 7.11 Å². The lowest BCUT2D eigenvalue weighted by atomic mass is 10.2. The van der Waals surface area contributed by atoms with Gasteiger partial charge in [0.2, 0.25) is 0 Å². The molecule has 150 valence electrons. The van der Waals surface area contributed by atoms with E-state index >= 15 is 0 Å². The highest BCUT2D eigenvalue weighted by atomic mass is 16.5. The van der Waals surface area contributed by atoms with Crippen molar-refractivity contribution >= 4 is 23.0 Å². The van der Waals surface area contributed by atoms with Gasteiger partial charge < -0.3 is 19.9 Å². The number of aryl methyl sites for hydroxylation is 2. The van der Waals surface area contributed by atoms with Gasteiger partial charge in [-0.2, -0.15) is 0 Å². The Morgan fingerprint density at radius 2 is 1.55 bits per heavy atom. The number of piperazine rings is 1. The Labute approximate surface area is 172 Å². The van der Waals surface area contributed by atoms with Crippen LogP contribution in [0.15, 0.2) is 54.6 Å². The Balaban J connectivity index is 1.47. The van der Waals surface area contributed by atoms with Crippen molar-refractivity contribution in [2.75, 3.05) is 48.4 Å². The molecular weight excluding hydrogens is 362 g/mol. The zero-order valence-electron chi connectivity index (χ0n) is 17.2. The number of rotatable bonds is 5. The van der Waals surface area contributed by atoms with Gasteiger partial charge in [0.25, 0.3) is 0 Å². The summed E-state index contributed by atoms with van der Waals surface area (Å²) in [5.41, 5.74) is 3.42. The second-order valence-electron chi connectivity index (χ2n) is 7.30. The molecule has 0 bridgehead atoms. The quantitative estimate of drug-likeness (QED) is 0.707. The Morgan fingerprint density at radius 3 is 2.28 bits per heavy atom. The molecule has 1 fully saturated rings. The smallest absolute Gasteiger partial charge is 0.142 e. The van der Waals surface area contributed by atoms with Crippen LogP contribution < -0.4 is 19.9 Å². The van der Waals surface area contributed by atoms with Crippen LogP contribution in [0.4, 0.5) is 23.0 Å². The molecule has 1 N–H and O–H groups in total. The third-order valence-electron chi connectivity index (χ3n) is 5.18. The van der Waals surface area contributed by atoms with E-state index < -0.39 is 0 Å². The van der Waals surface area contributed by atoms with Gasteiger partial charge >= 0.3 is 0 Å². The van der Waals surface area contributed by atoms with Crippen molar-refractivity contribution in [2.45, 2.75) is 13.8 Å². The van der Waals surface area contributed by atoms with Gasteiger partial charge in [-0.3, -0.25) is 0 Å². The minimum atomic E-state index is 0.768. The summed E-state index contributed by atoms with van der Waals surface area (Å²) in [5.74, 6) is 3.47. The summed E-state index contributed by atoms with van der Waals surface area (Å²) in [7, 11) is 1.72. The van der Waals surface area contributed by atoms with Crippen LogP contribution in [0.25, 0.3) is 0 Å². The van der Waals surface area contributed by atoms with Crippen molar-refractivity contribution in [3.05, 3.63) is 66.0 Å². The summed E-state index contributed by atoms with van der Waals surface area (Å²) < 4.78 is 5.52. The normalized spacial score (nSPS) is 14.0. The lowest BCUT2D eigenvalue weighted by Crippen LogP contribution is -2.47. The summed E-state index contributed by atoms with van der Waals surface area (Å²) in [4.78, 5) is 13.9. The zero-order chi connectivity index (χ0) is 20.2. The molecule has 0 radical (unpaired) electrons. The van der Waals surface area contributed by atoms with E-state index in [4.69, 9.17) is 4.74 Å². The van der Waals surface area contributed by atoms with Crippen LogP contribution in [0.5, 0.6) is 5.75 Å². The van der Waals surface area contributed by atoms with Crippen LogP contribution in [-0.4, -0.2) is 43.3 Å². The molecule has 0 aliphatic carbocycles. The maximum Gasteiger partial charge on any atom is 0.142 e. The molecule has 1 aromatic heterocycles. The standard InChI is InChI=1S/C23H27N5O/c1-17-8-10-19(11-9-17)26-22-16-23(25-18(2)24-22)28-14-12-27(13-15-28)20-6-4-5-7-21(20)29-3/h4-11,16H,12-15H2,1-3H3,(H,24,25,26). The van der Waals surface area contributed by atoms with Crippen molar-refractivity contribution in [2.24, 2.45) is 0 Å². The highest BCUT2D eigenvalue weighted by Crippen LogP contribution is 2.29. The van der Waals surface area contributed by atoms with Crippen molar-refractivity contribution in [1.29, 1.82) is 0 Å². The van der Waals surface area contributed by atoms with Gasteiger partial charge in [-0.15, -0.1) is 0 Å². The Kier molecular flexibility index (Phi) is 5.51. The van der Waals surface area contributed by atoms with E-state index in [0.29, 0.717) is 0 Å². The Bertz CT molecular complexity index is 965. The lowest BCUT2D eigenvalue weighted by molar-refractivity contribution is 0.413. The number of ether oxygens (including phenoxy) is 1. The first kappa shape index (κ1) is 19.1. The average Bonchev–Trinajstić information content (AvgIpc) is 2.75. The molecule has 1 saturated heterocycles. The molecule has 29 heavy (non-hydrogen) atoms. The minimum absolute atomic E-state index is 0.768. The van der Waals surface area contributed by atoms with Crippen LogP contribution in [0, 0.1) is 13.8 Å². The van der Waals surface area contributed by atoms with Gasteiger partial charge in [0, 0.05) is 37.9 Å². The third kappa shape index (κ3) is 4.42. The summed E-state index contributed by atoms with van der Waals surface area (Å²) in [6.45, 7) is 7.67. The molecule has 6 nitrogen and oxygen atoms in total. The molecule has 0 saturated carbocycles. The first-order valence-electron chi connectivity index (χ1n) is 9.94. The fraction of sp³-hybridized carbons (Fsp3) is 0.304. The summed E-state index contributed by atoms with van der Waals surface area (Å²) in [5, 5.41) is 3.40. The predicted octanol–water partition coefficient (Wildman–Crippen LogP) is 4.17. The predicted molar refractivity (Wildman–Crippen MR) is 119 cm³/mol. The largest absolute Gasteiger partial charge is 0.495 e. The van der Waals surface area contributed by atoms with E-state index in [9.17, 15) is 0 Å². The Morgan fingerprint density at radius 1 is 0.862 bits per heavy atom. The molecule has 3 aromatic rings.